The molecule has 5 heteroatoms. The maximum absolute atomic E-state index is 12.1. The molecule has 146 valence electrons. The Morgan fingerprint density at radius 3 is 2.54 bits per heavy atom. The van der Waals surface area contributed by atoms with Crippen LogP contribution < -0.4 is 4.74 Å². The molecule has 0 aromatic heterocycles. The second-order valence-electron chi connectivity index (χ2n) is 8.03. The molecule has 0 aliphatic carbocycles. The first-order valence-electron chi connectivity index (χ1n) is 9.54. The number of hydrogen-bond acceptors (Lipinski definition) is 4. The summed E-state index contributed by atoms with van der Waals surface area (Å²) in [5, 5.41) is 0. The zero-order chi connectivity index (χ0) is 19.2. The predicted molar refractivity (Wildman–Crippen MR) is 108 cm³/mol. The zero-order valence-corrected chi connectivity index (χ0v) is 17.7. The van der Waals surface area contributed by atoms with Gasteiger partial charge in [-0.25, -0.2) is 4.79 Å². The smallest absolute Gasteiger partial charge is 0.410 e. The van der Waals surface area contributed by atoms with E-state index in [1.165, 1.54) is 10.5 Å². The van der Waals surface area contributed by atoms with Crippen molar-refractivity contribution in [1.82, 2.24) is 4.90 Å². The summed E-state index contributed by atoms with van der Waals surface area (Å²) in [4.78, 5) is 15.2. The molecule has 0 N–H and O–H groups in total. The van der Waals surface area contributed by atoms with E-state index in [0.29, 0.717) is 5.92 Å². The van der Waals surface area contributed by atoms with E-state index in [4.69, 9.17) is 9.47 Å². The van der Waals surface area contributed by atoms with Gasteiger partial charge in [0.2, 0.25) is 0 Å². The van der Waals surface area contributed by atoms with Crippen molar-refractivity contribution in [1.29, 1.82) is 0 Å². The molecule has 2 rings (SSSR count). The van der Waals surface area contributed by atoms with Gasteiger partial charge in [-0.2, -0.15) is 0 Å². The number of hydrogen-bond donors (Lipinski definition) is 0. The Bertz CT molecular complexity index is 589. The van der Waals surface area contributed by atoms with Gasteiger partial charge in [-0.1, -0.05) is 0 Å². The highest BCUT2D eigenvalue weighted by atomic mass is 32.2. The van der Waals surface area contributed by atoms with E-state index >= 15 is 0 Å². The number of nitrogens with zero attached hydrogens (tertiary/aromatic N) is 1. The van der Waals surface area contributed by atoms with E-state index in [1.807, 2.05) is 25.7 Å². The average Bonchev–Trinajstić information content (AvgIpc) is 2.58. The molecule has 1 heterocycles. The molecule has 1 aliphatic rings. The first-order chi connectivity index (χ1) is 12.3. The van der Waals surface area contributed by atoms with Crippen LogP contribution in [0.5, 0.6) is 5.75 Å². The third kappa shape index (κ3) is 6.75. The Hall–Kier alpha value is -1.36. The SMILES string of the molecule is CSc1ccc(OCCCC2CCN(C(=O)OC(C)(C)C)CC2)cc1C. The van der Waals surface area contributed by atoms with Crippen LogP contribution in [0.3, 0.4) is 0 Å². The minimum atomic E-state index is -0.419. The van der Waals surface area contributed by atoms with Gasteiger partial charge in [-0.15, -0.1) is 11.8 Å². The monoisotopic (exact) mass is 379 g/mol. The van der Waals surface area contributed by atoms with Crippen LogP contribution in [0.4, 0.5) is 4.79 Å². The zero-order valence-electron chi connectivity index (χ0n) is 16.8. The number of likely N-dealkylation sites (tertiary alicyclic amines) is 1. The van der Waals surface area contributed by atoms with Crippen LogP contribution in [0, 0.1) is 12.8 Å². The van der Waals surface area contributed by atoms with Crippen molar-refractivity contribution in [3.8, 4) is 5.75 Å². The fraction of sp³-hybridized carbons (Fsp3) is 0.667. The number of rotatable bonds is 6. The Labute approximate surface area is 162 Å². The van der Waals surface area contributed by atoms with Crippen molar-refractivity contribution < 1.29 is 14.3 Å². The third-order valence-electron chi connectivity index (χ3n) is 4.66. The largest absolute Gasteiger partial charge is 0.494 e. The minimum Gasteiger partial charge on any atom is -0.494 e. The lowest BCUT2D eigenvalue weighted by atomic mass is 9.92. The van der Waals surface area contributed by atoms with E-state index in [1.54, 1.807) is 11.8 Å². The Morgan fingerprint density at radius 1 is 1.27 bits per heavy atom. The summed E-state index contributed by atoms with van der Waals surface area (Å²) in [5.74, 6) is 1.64. The number of ether oxygens (including phenoxy) is 2. The molecule has 0 saturated carbocycles. The van der Waals surface area contributed by atoms with Crippen LogP contribution in [0.1, 0.15) is 52.0 Å². The normalized spacial score (nSPS) is 15.8. The molecule has 0 spiro atoms. The molecule has 1 aromatic rings. The molecule has 1 aliphatic heterocycles. The summed E-state index contributed by atoms with van der Waals surface area (Å²) in [6, 6.07) is 6.30. The maximum atomic E-state index is 12.1. The van der Waals surface area contributed by atoms with Gasteiger partial charge in [0.25, 0.3) is 0 Å². The highest BCUT2D eigenvalue weighted by Crippen LogP contribution is 2.26. The van der Waals surface area contributed by atoms with Gasteiger partial charge in [0, 0.05) is 18.0 Å². The van der Waals surface area contributed by atoms with Gasteiger partial charge in [-0.3, -0.25) is 0 Å². The first-order valence-corrected chi connectivity index (χ1v) is 10.8. The summed E-state index contributed by atoms with van der Waals surface area (Å²) >= 11 is 1.76. The van der Waals surface area contributed by atoms with Crippen molar-refractivity contribution in [2.75, 3.05) is 26.0 Å². The van der Waals surface area contributed by atoms with Gasteiger partial charge >= 0.3 is 6.09 Å². The van der Waals surface area contributed by atoms with Crippen LogP contribution in [0.25, 0.3) is 0 Å². The Kier molecular flexibility index (Phi) is 7.69. The molecule has 1 amide bonds. The molecule has 0 radical (unpaired) electrons. The van der Waals surface area contributed by atoms with Crippen LogP contribution in [0.15, 0.2) is 23.1 Å². The van der Waals surface area contributed by atoms with Crippen LogP contribution in [0.2, 0.25) is 0 Å². The van der Waals surface area contributed by atoms with Gasteiger partial charge in [-0.05, 0) is 89.3 Å². The molecular formula is C21H33NO3S. The number of benzene rings is 1. The van der Waals surface area contributed by atoms with Crippen LogP contribution >= 0.6 is 11.8 Å². The molecule has 1 fully saturated rings. The average molecular weight is 380 g/mol. The fourth-order valence-electron chi connectivity index (χ4n) is 3.23. The lowest BCUT2D eigenvalue weighted by Crippen LogP contribution is -2.41. The molecule has 1 saturated heterocycles. The predicted octanol–water partition coefficient (Wildman–Crippen LogP) is 5.52. The van der Waals surface area contributed by atoms with Gasteiger partial charge in [0.15, 0.2) is 0 Å². The van der Waals surface area contributed by atoms with Crippen molar-refractivity contribution in [3.63, 3.8) is 0 Å². The second-order valence-corrected chi connectivity index (χ2v) is 8.88. The topological polar surface area (TPSA) is 38.8 Å². The first kappa shape index (κ1) is 20.9. The third-order valence-corrected chi connectivity index (χ3v) is 5.56. The summed E-state index contributed by atoms with van der Waals surface area (Å²) < 4.78 is 11.3. The van der Waals surface area contributed by atoms with Crippen molar-refractivity contribution >= 4 is 17.9 Å². The molecule has 0 atom stereocenters. The quantitative estimate of drug-likeness (QED) is 0.482. The highest BCUT2D eigenvalue weighted by Gasteiger charge is 2.26. The Morgan fingerprint density at radius 2 is 1.96 bits per heavy atom. The number of carbonyl (C=O) groups excluding carboxylic acids is 1. The van der Waals surface area contributed by atoms with E-state index in [0.717, 1.165) is 51.1 Å². The van der Waals surface area contributed by atoms with Crippen LogP contribution in [-0.4, -0.2) is 42.5 Å². The van der Waals surface area contributed by atoms with E-state index in [9.17, 15) is 4.79 Å². The second kappa shape index (κ2) is 9.54. The lowest BCUT2D eigenvalue weighted by molar-refractivity contribution is 0.0179. The molecular weight excluding hydrogens is 346 g/mol. The summed E-state index contributed by atoms with van der Waals surface area (Å²) in [6.45, 7) is 10.2. The number of thioether (sulfide) groups is 1. The van der Waals surface area contributed by atoms with Crippen molar-refractivity contribution in [2.24, 2.45) is 5.92 Å². The van der Waals surface area contributed by atoms with E-state index in [-0.39, 0.29) is 6.09 Å². The number of piperidine rings is 1. The summed E-state index contributed by atoms with van der Waals surface area (Å²) in [6.07, 6.45) is 6.24. The van der Waals surface area contributed by atoms with E-state index < -0.39 is 5.60 Å². The lowest BCUT2D eigenvalue weighted by Gasteiger charge is -2.33. The number of amides is 1. The van der Waals surface area contributed by atoms with Crippen molar-refractivity contribution in [2.45, 2.75) is 63.9 Å². The highest BCUT2D eigenvalue weighted by molar-refractivity contribution is 7.98. The molecule has 26 heavy (non-hydrogen) atoms. The fourth-order valence-corrected chi connectivity index (χ4v) is 3.82. The van der Waals surface area contributed by atoms with Crippen LogP contribution in [-0.2, 0) is 4.74 Å². The van der Waals surface area contributed by atoms with Gasteiger partial charge in [0.1, 0.15) is 11.4 Å². The summed E-state index contributed by atoms with van der Waals surface area (Å²) in [7, 11) is 0. The maximum Gasteiger partial charge on any atom is 0.410 e. The van der Waals surface area contributed by atoms with Crippen molar-refractivity contribution in [3.05, 3.63) is 23.8 Å². The van der Waals surface area contributed by atoms with Gasteiger partial charge < -0.3 is 14.4 Å². The van der Waals surface area contributed by atoms with Gasteiger partial charge in [0.05, 0.1) is 6.61 Å². The van der Waals surface area contributed by atoms with E-state index in [2.05, 4.69) is 31.4 Å². The summed E-state index contributed by atoms with van der Waals surface area (Å²) in [5.41, 5.74) is 0.849. The number of carbonyl (C=O) groups is 1. The Balaban J connectivity index is 1.64. The molecule has 0 unspecified atom stereocenters. The minimum absolute atomic E-state index is 0.177. The molecule has 1 aromatic carbocycles. The molecule has 4 nitrogen and oxygen atoms in total. The molecule has 0 bridgehead atoms. The number of aryl methyl sites for hydroxylation is 1. The standard InChI is InChI=1S/C21H33NO3S/c1-16-15-18(8-9-19(16)26-5)24-14-6-7-17-10-12-22(13-11-17)20(23)25-21(2,3)4/h8-9,15,17H,6-7,10-14H2,1-5H3.